The fourth-order valence-corrected chi connectivity index (χ4v) is 6.50. The van der Waals surface area contributed by atoms with E-state index in [1.54, 1.807) is 5.57 Å². The van der Waals surface area contributed by atoms with Crippen molar-refractivity contribution in [3.05, 3.63) is 47.0 Å². The van der Waals surface area contributed by atoms with Crippen molar-refractivity contribution >= 4 is 6.21 Å². The van der Waals surface area contributed by atoms with Crippen LogP contribution in [0.4, 0.5) is 0 Å². The quantitative estimate of drug-likeness (QED) is 0.276. The fourth-order valence-electron chi connectivity index (χ4n) is 6.50. The van der Waals surface area contributed by atoms with E-state index in [0.29, 0.717) is 17.4 Å². The number of nitrogens with zero attached hydrogens (tertiary/aromatic N) is 1. The molecule has 4 bridgehead atoms. The van der Waals surface area contributed by atoms with Gasteiger partial charge in [0, 0.05) is 0 Å². The topological polar surface area (TPSA) is 21.6 Å². The van der Waals surface area contributed by atoms with Gasteiger partial charge < -0.3 is 4.84 Å². The molecule has 0 radical (unpaired) electrons. The summed E-state index contributed by atoms with van der Waals surface area (Å²) in [5, 5.41) is 4.18. The second-order valence-corrected chi connectivity index (χ2v) is 9.68. The van der Waals surface area contributed by atoms with Gasteiger partial charge in [-0.25, -0.2) is 0 Å². The molecule has 26 heavy (non-hydrogen) atoms. The molecule has 0 saturated heterocycles. The second-order valence-electron chi connectivity index (χ2n) is 9.68. The zero-order valence-corrected chi connectivity index (χ0v) is 16.8. The van der Waals surface area contributed by atoms with E-state index in [9.17, 15) is 0 Å². The number of hydrogen-bond acceptors (Lipinski definition) is 2. The van der Waals surface area contributed by atoms with Crippen molar-refractivity contribution in [1.29, 1.82) is 0 Å². The largest absolute Gasteiger partial charge is 0.392 e. The average Bonchev–Trinajstić information content (AvgIpc) is 3.10. The minimum absolute atomic E-state index is 0.408. The molecular formula is C24H33NO. The molecule has 3 aliphatic carbocycles. The summed E-state index contributed by atoms with van der Waals surface area (Å²) in [6.07, 6.45) is 11.1. The first-order chi connectivity index (χ1) is 12.4. The molecule has 4 atom stereocenters. The maximum absolute atomic E-state index is 5.61. The third-order valence-corrected chi connectivity index (χ3v) is 7.68. The van der Waals surface area contributed by atoms with Crippen LogP contribution >= 0.6 is 0 Å². The van der Waals surface area contributed by atoms with Gasteiger partial charge in [0.15, 0.2) is 0 Å². The third kappa shape index (κ3) is 2.92. The van der Waals surface area contributed by atoms with Crippen molar-refractivity contribution in [1.82, 2.24) is 0 Å². The van der Waals surface area contributed by atoms with Crippen molar-refractivity contribution in [2.75, 3.05) is 6.61 Å². The van der Waals surface area contributed by atoms with Crippen LogP contribution in [0.25, 0.3) is 0 Å². The van der Waals surface area contributed by atoms with Crippen LogP contribution in [0, 0.1) is 35.5 Å². The van der Waals surface area contributed by atoms with Crippen molar-refractivity contribution in [2.45, 2.75) is 59.8 Å². The van der Waals surface area contributed by atoms with Crippen LogP contribution in [0.3, 0.4) is 0 Å². The zero-order chi connectivity index (χ0) is 18.4. The highest BCUT2D eigenvalue weighted by atomic mass is 16.6. The molecule has 0 amide bonds. The smallest absolute Gasteiger partial charge is 0.135 e. The van der Waals surface area contributed by atoms with Crippen LogP contribution in [-0.2, 0) is 4.84 Å². The van der Waals surface area contributed by atoms with Gasteiger partial charge in [0.1, 0.15) is 6.61 Å². The van der Waals surface area contributed by atoms with E-state index in [2.05, 4.69) is 63.2 Å². The minimum Gasteiger partial charge on any atom is -0.392 e. The molecule has 0 aromatic heterocycles. The lowest BCUT2D eigenvalue weighted by molar-refractivity contribution is 0.141. The van der Waals surface area contributed by atoms with Crippen molar-refractivity contribution in [3.8, 4) is 0 Å². The predicted molar refractivity (Wildman–Crippen MR) is 108 cm³/mol. The molecule has 1 aromatic rings. The highest BCUT2D eigenvalue weighted by Gasteiger charge is 2.62. The summed E-state index contributed by atoms with van der Waals surface area (Å²) in [4.78, 5) is 5.61. The number of benzene rings is 1. The van der Waals surface area contributed by atoms with Crippen molar-refractivity contribution < 1.29 is 4.84 Å². The zero-order valence-electron chi connectivity index (χ0n) is 16.8. The molecule has 3 aliphatic rings. The number of oxime groups is 1. The number of aryl methyl sites for hydroxylation is 1. The molecule has 4 rings (SSSR count). The van der Waals surface area contributed by atoms with Gasteiger partial charge in [-0.2, -0.15) is 0 Å². The SMILES string of the molecule is Cc1ccc(/C=N/OC/C=C2/[C@H]3CC[C@@H]4[C@@H]3C(C)(C)CCC[C@]24C)cc1. The van der Waals surface area contributed by atoms with Gasteiger partial charge in [-0.15, -0.1) is 0 Å². The van der Waals surface area contributed by atoms with Gasteiger partial charge in [0.05, 0.1) is 6.21 Å². The van der Waals surface area contributed by atoms with E-state index in [1.807, 2.05) is 6.21 Å². The van der Waals surface area contributed by atoms with Crippen LogP contribution < -0.4 is 0 Å². The molecule has 0 heterocycles. The fraction of sp³-hybridized carbons (Fsp3) is 0.625. The molecule has 3 saturated carbocycles. The molecule has 2 nitrogen and oxygen atoms in total. The van der Waals surface area contributed by atoms with E-state index < -0.39 is 0 Å². The van der Waals surface area contributed by atoms with Gasteiger partial charge in [-0.1, -0.05) is 67.7 Å². The van der Waals surface area contributed by atoms with Gasteiger partial charge >= 0.3 is 0 Å². The number of allylic oxidation sites excluding steroid dienone is 1. The molecular weight excluding hydrogens is 318 g/mol. The Morgan fingerprint density at radius 1 is 1.12 bits per heavy atom. The van der Waals surface area contributed by atoms with E-state index in [1.165, 1.54) is 37.7 Å². The molecule has 1 aromatic carbocycles. The van der Waals surface area contributed by atoms with Crippen LogP contribution in [0.5, 0.6) is 0 Å². The van der Waals surface area contributed by atoms with E-state index in [0.717, 1.165) is 23.3 Å². The Hall–Kier alpha value is -1.57. The van der Waals surface area contributed by atoms with E-state index in [4.69, 9.17) is 4.84 Å². The lowest BCUT2D eigenvalue weighted by Gasteiger charge is -2.36. The second kappa shape index (κ2) is 6.55. The van der Waals surface area contributed by atoms with Gasteiger partial charge in [0.25, 0.3) is 0 Å². The maximum atomic E-state index is 5.61. The average molecular weight is 352 g/mol. The normalized spacial score (nSPS) is 36.6. The van der Waals surface area contributed by atoms with Gasteiger partial charge in [-0.3, -0.25) is 0 Å². The maximum Gasteiger partial charge on any atom is 0.135 e. The van der Waals surface area contributed by atoms with Crippen LogP contribution in [0.2, 0.25) is 0 Å². The monoisotopic (exact) mass is 351 g/mol. The van der Waals surface area contributed by atoms with E-state index >= 15 is 0 Å². The van der Waals surface area contributed by atoms with Crippen molar-refractivity contribution in [2.24, 2.45) is 33.7 Å². The Bertz CT molecular complexity index is 714. The molecule has 0 unspecified atom stereocenters. The summed E-state index contributed by atoms with van der Waals surface area (Å²) in [7, 11) is 0. The lowest BCUT2D eigenvalue weighted by atomic mass is 9.68. The Balaban J connectivity index is 1.45. The lowest BCUT2D eigenvalue weighted by Crippen LogP contribution is -2.28. The summed E-state index contributed by atoms with van der Waals surface area (Å²) in [5.74, 6) is 2.54. The summed E-state index contributed by atoms with van der Waals surface area (Å²) in [5.41, 5.74) is 4.94. The molecule has 140 valence electrons. The molecule has 0 aliphatic heterocycles. The highest BCUT2D eigenvalue weighted by Crippen LogP contribution is 2.70. The van der Waals surface area contributed by atoms with Gasteiger partial charge in [-0.05, 0) is 72.8 Å². The summed E-state index contributed by atoms with van der Waals surface area (Å²) < 4.78 is 0. The summed E-state index contributed by atoms with van der Waals surface area (Å²) in [6, 6.07) is 8.35. The first-order valence-corrected chi connectivity index (χ1v) is 10.3. The summed E-state index contributed by atoms with van der Waals surface area (Å²) >= 11 is 0. The Morgan fingerprint density at radius 3 is 2.65 bits per heavy atom. The number of rotatable bonds is 4. The standard InChI is InChI=1S/C24H33NO/c1-17-6-8-18(9-7-17)16-25-26-15-12-20-19-10-11-21-22(19)23(2,3)13-5-14-24(20,21)4/h6-9,12,16,19,21-22H,5,10-11,13-15H2,1-4H3/b20-12-,25-16+/t19-,21-,22-,24-/m1/s1. The molecule has 2 heteroatoms. The van der Waals surface area contributed by atoms with Crippen LogP contribution in [0.1, 0.15) is 64.0 Å². The molecule has 3 fully saturated rings. The Kier molecular flexibility index (Phi) is 4.49. The number of hydrogen-bond donors (Lipinski definition) is 0. The first kappa shape index (κ1) is 17.8. The minimum atomic E-state index is 0.408. The highest BCUT2D eigenvalue weighted by molar-refractivity contribution is 5.79. The first-order valence-electron chi connectivity index (χ1n) is 10.3. The molecule has 0 spiro atoms. The Labute approximate surface area is 158 Å². The Morgan fingerprint density at radius 2 is 1.88 bits per heavy atom. The predicted octanol–water partition coefficient (Wildman–Crippen LogP) is 6.14. The van der Waals surface area contributed by atoms with Gasteiger partial charge in [0.2, 0.25) is 0 Å². The van der Waals surface area contributed by atoms with Crippen LogP contribution in [-0.4, -0.2) is 12.8 Å². The summed E-state index contributed by atoms with van der Waals surface area (Å²) in [6.45, 7) is 10.3. The molecule has 0 N–H and O–H groups in total. The van der Waals surface area contributed by atoms with E-state index in [-0.39, 0.29) is 0 Å². The van der Waals surface area contributed by atoms with Crippen LogP contribution in [0.15, 0.2) is 41.1 Å². The van der Waals surface area contributed by atoms with Crippen molar-refractivity contribution in [3.63, 3.8) is 0 Å². The third-order valence-electron chi connectivity index (χ3n) is 7.68.